The molecule has 0 aromatic heterocycles. The van der Waals surface area contributed by atoms with E-state index < -0.39 is 21.7 Å². The number of carbonyl (C=O) groups excluding carboxylic acids is 2. The van der Waals surface area contributed by atoms with Crippen LogP contribution in [0.3, 0.4) is 0 Å². The Labute approximate surface area is 199 Å². The molecule has 2 heterocycles. The highest BCUT2D eigenvalue weighted by atomic mass is 32.2. The Kier molecular flexibility index (Phi) is 6.35. The molecule has 4 rings (SSSR count). The largest absolute Gasteiger partial charge is 0.490 e. The van der Waals surface area contributed by atoms with Gasteiger partial charge in [0, 0.05) is 6.26 Å². The zero-order valence-corrected chi connectivity index (χ0v) is 19.6. The number of nitrogens with one attached hydrogen (secondary N) is 1. The fourth-order valence-corrected chi connectivity index (χ4v) is 4.95. The Balaban J connectivity index is 1.66. The van der Waals surface area contributed by atoms with Gasteiger partial charge in [-0.05, 0) is 42.8 Å². The van der Waals surface area contributed by atoms with Crippen LogP contribution in [0.1, 0.15) is 22.8 Å². The summed E-state index contributed by atoms with van der Waals surface area (Å²) in [4.78, 5) is 29.9. The van der Waals surface area contributed by atoms with Gasteiger partial charge in [-0.25, -0.2) is 18.1 Å². The first-order valence-corrected chi connectivity index (χ1v) is 12.6. The maximum Gasteiger partial charge on any atom is 0.343 e. The van der Waals surface area contributed by atoms with Crippen molar-refractivity contribution in [3.05, 3.63) is 65.2 Å². The summed E-state index contributed by atoms with van der Waals surface area (Å²) in [5.74, 6) is -1.17. The van der Waals surface area contributed by atoms with E-state index in [1.54, 1.807) is 49.4 Å². The van der Waals surface area contributed by atoms with Crippen molar-refractivity contribution < 1.29 is 27.5 Å². The molecule has 10 nitrogen and oxygen atoms in total. The van der Waals surface area contributed by atoms with E-state index in [0.717, 1.165) is 23.1 Å². The summed E-state index contributed by atoms with van der Waals surface area (Å²) in [5.41, 5.74) is 0.705. The molecule has 0 aliphatic carbocycles. The van der Waals surface area contributed by atoms with Gasteiger partial charge in [0.25, 0.3) is 5.91 Å². The minimum absolute atomic E-state index is 0.00533. The van der Waals surface area contributed by atoms with Gasteiger partial charge in [0.1, 0.15) is 5.84 Å². The summed E-state index contributed by atoms with van der Waals surface area (Å²) < 4.78 is 39.0. The van der Waals surface area contributed by atoms with Crippen LogP contribution < -0.4 is 9.47 Å². The van der Waals surface area contributed by atoms with Crippen molar-refractivity contribution in [2.45, 2.75) is 6.92 Å². The molecule has 0 atom stereocenters. The summed E-state index contributed by atoms with van der Waals surface area (Å²) in [5, 5.41) is 8.07. The van der Waals surface area contributed by atoms with Gasteiger partial charge < -0.3 is 9.47 Å². The molecule has 2 aliphatic heterocycles. The van der Waals surface area contributed by atoms with Crippen LogP contribution in [0.15, 0.2) is 63.5 Å². The molecule has 0 saturated heterocycles. The Morgan fingerprint density at radius 3 is 2.59 bits per heavy atom. The highest BCUT2D eigenvalue weighted by Gasteiger charge is 2.41. The summed E-state index contributed by atoms with van der Waals surface area (Å²) in [7, 11) is -3.75. The molecule has 0 saturated carbocycles. The molecule has 174 valence electrons. The van der Waals surface area contributed by atoms with Crippen molar-refractivity contribution in [3.63, 3.8) is 0 Å². The molecule has 2 aromatic carbocycles. The summed E-state index contributed by atoms with van der Waals surface area (Å²) in [6, 6.07) is 13.1. The Bertz CT molecular complexity index is 1400. The molecule has 1 N–H and O–H groups in total. The Morgan fingerprint density at radius 1 is 1.18 bits per heavy atom. The van der Waals surface area contributed by atoms with Crippen molar-refractivity contribution in [1.82, 2.24) is 4.90 Å². The molecule has 0 spiro atoms. The number of fused-ring (bicyclic) bond motifs is 1. The van der Waals surface area contributed by atoms with Crippen LogP contribution in [0.2, 0.25) is 0 Å². The Morgan fingerprint density at radius 2 is 1.91 bits per heavy atom. The van der Waals surface area contributed by atoms with Gasteiger partial charge in [0.15, 0.2) is 11.5 Å². The quantitative estimate of drug-likeness (QED) is 0.287. The van der Waals surface area contributed by atoms with Crippen LogP contribution >= 0.6 is 11.9 Å². The predicted octanol–water partition coefficient (Wildman–Crippen LogP) is 2.93. The maximum atomic E-state index is 12.6. The molecule has 0 bridgehead atoms. The highest BCUT2D eigenvalue weighted by molar-refractivity contribution is 8.16. The lowest BCUT2D eigenvalue weighted by Gasteiger charge is -2.23. The number of hydrogen-bond acceptors (Lipinski definition) is 9. The molecule has 0 unspecified atom stereocenters. The van der Waals surface area contributed by atoms with Crippen LogP contribution in [0.5, 0.6) is 11.5 Å². The van der Waals surface area contributed by atoms with Crippen LogP contribution in [0.25, 0.3) is 6.08 Å². The number of ether oxygens (including phenoxy) is 2. The Hall–Kier alpha value is -3.77. The topological polar surface area (TPSA) is 139 Å². The van der Waals surface area contributed by atoms with Crippen LogP contribution in [0, 0.1) is 5.41 Å². The minimum Gasteiger partial charge on any atom is -0.490 e. The number of nitrogens with zero attached hydrogens (tertiary/aromatic N) is 3. The maximum absolute atomic E-state index is 12.6. The summed E-state index contributed by atoms with van der Waals surface area (Å²) >= 11 is 0.719. The average molecular weight is 499 g/mol. The number of sulfone groups is 1. The van der Waals surface area contributed by atoms with Crippen LogP contribution in [0.4, 0.5) is 0 Å². The number of amides is 1. The second-order valence-corrected chi connectivity index (χ2v) is 9.71. The van der Waals surface area contributed by atoms with Gasteiger partial charge in [-0.15, -0.1) is 0 Å². The van der Waals surface area contributed by atoms with Crippen molar-refractivity contribution >= 4 is 55.9 Å². The lowest BCUT2D eigenvalue weighted by Crippen LogP contribution is -2.45. The molecule has 0 radical (unpaired) electrons. The molecule has 12 heteroatoms. The number of benzene rings is 2. The van der Waals surface area contributed by atoms with Gasteiger partial charge in [-0.2, -0.15) is 9.39 Å². The lowest BCUT2D eigenvalue weighted by molar-refractivity contribution is -0.114. The normalized spacial score (nSPS) is 16.8. The first-order chi connectivity index (χ1) is 16.2. The fraction of sp³-hybridized carbons (Fsp3) is 0.136. The van der Waals surface area contributed by atoms with E-state index in [1.807, 2.05) is 0 Å². The number of esters is 1. The second-order valence-electron chi connectivity index (χ2n) is 7.07. The van der Waals surface area contributed by atoms with Gasteiger partial charge in [0.2, 0.25) is 20.2 Å². The van der Waals surface area contributed by atoms with E-state index in [0.29, 0.717) is 11.1 Å². The monoisotopic (exact) mass is 498 g/mol. The zero-order valence-electron chi connectivity index (χ0n) is 18.0. The molecular weight excluding hydrogens is 480 g/mol. The fourth-order valence-electron chi connectivity index (χ4n) is 3.10. The van der Waals surface area contributed by atoms with Gasteiger partial charge >= 0.3 is 5.97 Å². The number of rotatable bonds is 5. The van der Waals surface area contributed by atoms with Crippen LogP contribution in [-0.2, 0) is 14.6 Å². The molecule has 2 aliphatic rings. The van der Waals surface area contributed by atoms with Crippen molar-refractivity contribution in [2.24, 2.45) is 9.39 Å². The van der Waals surface area contributed by atoms with Crippen molar-refractivity contribution in [3.8, 4) is 11.5 Å². The number of hydrogen-bond donors (Lipinski definition) is 1. The minimum atomic E-state index is -3.75. The first kappa shape index (κ1) is 23.4. The van der Waals surface area contributed by atoms with Crippen molar-refractivity contribution in [2.75, 3.05) is 12.9 Å². The lowest BCUT2D eigenvalue weighted by atomic mass is 10.1. The molecule has 2 aromatic rings. The van der Waals surface area contributed by atoms with E-state index in [4.69, 9.17) is 14.9 Å². The standard InChI is InChI=1S/C22H18N4O6S2/c1-3-31-17-12-13(9-10-16(17)32-20(28)14-7-5-4-6-8-14)11-15-18(23)26-21(24-19(15)27)33-25-22(26)34(2,29)30/h4-12,23H,3H2,1-2H3. The van der Waals surface area contributed by atoms with Crippen molar-refractivity contribution in [1.29, 1.82) is 5.41 Å². The smallest absolute Gasteiger partial charge is 0.343 e. The van der Waals surface area contributed by atoms with Crippen LogP contribution in [-0.4, -0.2) is 54.2 Å². The second kappa shape index (κ2) is 9.23. The van der Waals surface area contributed by atoms with Gasteiger partial charge in [-0.3, -0.25) is 10.2 Å². The number of carbonyl (C=O) groups is 2. The molecule has 34 heavy (non-hydrogen) atoms. The summed E-state index contributed by atoms with van der Waals surface area (Å²) in [6.45, 7) is 2.05. The SMILES string of the molecule is CCOc1cc(C=C2C(=N)N3C(=NC2=O)SN=C3S(C)(=O)=O)ccc1OC(=O)c1ccccc1. The molecule has 1 amide bonds. The van der Waals surface area contributed by atoms with E-state index in [-0.39, 0.29) is 39.8 Å². The third kappa shape index (κ3) is 4.63. The average Bonchev–Trinajstić information content (AvgIpc) is 3.23. The zero-order chi connectivity index (χ0) is 24.5. The van der Waals surface area contributed by atoms with E-state index in [1.165, 1.54) is 12.1 Å². The van der Waals surface area contributed by atoms with E-state index >= 15 is 0 Å². The summed E-state index contributed by atoms with van der Waals surface area (Å²) in [6.07, 6.45) is 2.35. The number of aliphatic imine (C=N–C) groups is 1. The van der Waals surface area contributed by atoms with Gasteiger partial charge in [0.05, 0.1) is 29.7 Å². The third-order valence-corrected chi connectivity index (χ3v) is 6.37. The van der Waals surface area contributed by atoms with E-state index in [9.17, 15) is 18.0 Å². The first-order valence-electron chi connectivity index (χ1n) is 9.92. The third-order valence-electron chi connectivity index (χ3n) is 4.62. The predicted molar refractivity (Wildman–Crippen MR) is 129 cm³/mol. The van der Waals surface area contributed by atoms with Gasteiger partial charge in [-0.1, -0.05) is 24.3 Å². The van der Waals surface area contributed by atoms with E-state index in [2.05, 4.69) is 9.39 Å². The molecular formula is C22H18N4O6S2. The highest BCUT2D eigenvalue weighted by Crippen LogP contribution is 2.32. The number of amidine groups is 3. The molecule has 0 fully saturated rings.